The molecular formula is C12H13ClO3. The average Bonchev–Trinajstić information content (AvgIpc) is 2.30. The molecule has 0 radical (unpaired) electrons. The lowest BCUT2D eigenvalue weighted by atomic mass is 9.90. The molecule has 0 spiro atoms. The van der Waals surface area contributed by atoms with E-state index >= 15 is 0 Å². The minimum Gasteiger partial charge on any atom is -0.388 e. The quantitative estimate of drug-likeness (QED) is 0.860. The number of carbonyl (C=O) groups excluding carboxylic acids is 1. The van der Waals surface area contributed by atoms with Gasteiger partial charge in [-0.2, -0.15) is 0 Å². The summed E-state index contributed by atoms with van der Waals surface area (Å²) >= 11 is 5.76. The van der Waals surface area contributed by atoms with E-state index in [-0.39, 0.29) is 5.78 Å². The summed E-state index contributed by atoms with van der Waals surface area (Å²) in [5.74, 6) is -0.386. The van der Waals surface area contributed by atoms with Gasteiger partial charge >= 0.3 is 0 Å². The van der Waals surface area contributed by atoms with Gasteiger partial charge in [-0.3, -0.25) is 4.79 Å². The Morgan fingerprint density at radius 1 is 1.38 bits per heavy atom. The van der Waals surface area contributed by atoms with Gasteiger partial charge in [-0.15, -0.1) is 0 Å². The maximum absolute atomic E-state index is 11.6. The van der Waals surface area contributed by atoms with Crippen molar-refractivity contribution >= 4 is 17.4 Å². The molecule has 0 saturated carbocycles. The first-order chi connectivity index (χ1) is 7.68. The molecule has 1 N–H and O–H groups in total. The molecule has 1 aromatic carbocycles. The van der Waals surface area contributed by atoms with E-state index in [1.165, 1.54) is 0 Å². The summed E-state index contributed by atoms with van der Waals surface area (Å²) in [5, 5.41) is 10.7. The second kappa shape index (κ2) is 4.95. The van der Waals surface area contributed by atoms with Crippen LogP contribution in [0.4, 0.5) is 0 Å². The van der Waals surface area contributed by atoms with E-state index in [1.54, 1.807) is 24.3 Å². The normalized spacial score (nSPS) is 23.1. The molecule has 2 rings (SSSR count). The van der Waals surface area contributed by atoms with Crippen molar-refractivity contribution in [2.24, 2.45) is 5.92 Å². The number of ether oxygens (including phenoxy) is 1. The van der Waals surface area contributed by atoms with Crippen LogP contribution in [0.15, 0.2) is 24.3 Å². The van der Waals surface area contributed by atoms with Gasteiger partial charge in [0, 0.05) is 11.4 Å². The predicted molar refractivity (Wildman–Crippen MR) is 60.3 cm³/mol. The van der Waals surface area contributed by atoms with Crippen LogP contribution in [0.5, 0.6) is 0 Å². The van der Waals surface area contributed by atoms with Gasteiger partial charge in [0.05, 0.1) is 25.2 Å². The zero-order valence-corrected chi connectivity index (χ0v) is 9.48. The van der Waals surface area contributed by atoms with Crippen LogP contribution in [0.2, 0.25) is 5.02 Å². The first-order valence-corrected chi connectivity index (χ1v) is 5.60. The minimum atomic E-state index is -0.801. The van der Waals surface area contributed by atoms with E-state index in [9.17, 15) is 9.90 Å². The van der Waals surface area contributed by atoms with Crippen molar-refractivity contribution in [1.29, 1.82) is 0 Å². The van der Waals surface area contributed by atoms with E-state index in [2.05, 4.69) is 0 Å². The molecule has 1 fully saturated rings. The zero-order chi connectivity index (χ0) is 11.5. The first-order valence-electron chi connectivity index (χ1n) is 5.22. The number of carbonyl (C=O) groups is 1. The number of aliphatic hydroxyl groups is 1. The van der Waals surface area contributed by atoms with E-state index < -0.39 is 12.0 Å². The number of hydrogen-bond acceptors (Lipinski definition) is 3. The molecular weight excluding hydrogens is 228 g/mol. The highest BCUT2D eigenvalue weighted by atomic mass is 35.5. The van der Waals surface area contributed by atoms with E-state index in [4.69, 9.17) is 16.3 Å². The first kappa shape index (κ1) is 11.6. The Morgan fingerprint density at radius 2 is 2.06 bits per heavy atom. The Bertz CT molecular complexity index is 374. The zero-order valence-electron chi connectivity index (χ0n) is 8.73. The number of halogens is 1. The molecule has 0 amide bonds. The standard InChI is InChI=1S/C12H13ClO3/c13-9-3-1-8(2-4-9)12(15)10-7-16-6-5-11(10)14/h1-4,10,12,15H,5-7H2. The maximum atomic E-state index is 11.6. The van der Waals surface area contributed by atoms with E-state index in [1.807, 2.05) is 0 Å². The molecule has 86 valence electrons. The number of hydrogen-bond donors (Lipinski definition) is 1. The molecule has 1 aromatic rings. The lowest BCUT2D eigenvalue weighted by Crippen LogP contribution is -2.32. The Labute approximate surface area is 99.0 Å². The van der Waals surface area contributed by atoms with Crippen LogP contribution in [0.3, 0.4) is 0 Å². The molecule has 0 aromatic heterocycles. The van der Waals surface area contributed by atoms with Gasteiger partial charge in [0.1, 0.15) is 5.78 Å². The van der Waals surface area contributed by atoms with Crippen molar-refractivity contribution in [2.45, 2.75) is 12.5 Å². The molecule has 3 nitrogen and oxygen atoms in total. The summed E-state index contributed by atoms with van der Waals surface area (Å²) in [6.45, 7) is 0.755. The Balaban J connectivity index is 2.14. The van der Waals surface area contributed by atoms with Gasteiger partial charge in [-0.05, 0) is 17.7 Å². The third kappa shape index (κ3) is 2.43. The van der Waals surface area contributed by atoms with Crippen molar-refractivity contribution in [1.82, 2.24) is 0 Å². The minimum absolute atomic E-state index is 0.0636. The topological polar surface area (TPSA) is 46.5 Å². The molecule has 4 heteroatoms. The van der Waals surface area contributed by atoms with Gasteiger partial charge in [-0.1, -0.05) is 23.7 Å². The molecule has 1 heterocycles. The number of aliphatic hydroxyl groups excluding tert-OH is 1. The molecule has 1 saturated heterocycles. The number of benzene rings is 1. The fourth-order valence-electron chi connectivity index (χ4n) is 1.82. The summed E-state index contributed by atoms with van der Waals surface area (Å²) < 4.78 is 5.21. The second-order valence-corrected chi connectivity index (χ2v) is 4.33. The third-order valence-corrected chi connectivity index (χ3v) is 3.05. The Hall–Kier alpha value is -0.900. The molecule has 0 aliphatic carbocycles. The van der Waals surface area contributed by atoms with Crippen LogP contribution in [-0.2, 0) is 9.53 Å². The number of ketones is 1. The van der Waals surface area contributed by atoms with Crippen molar-refractivity contribution in [3.8, 4) is 0 Å². The van der Waals surface area contributed by atoms with Gasteiger partial charge < -0.3 is 9.84 Å². The van der Waals surface area contributed by atoms with Crippen molar-refractivity contribution in [3.05, 3.63) is 34.9 Å². The molecule has 1 aliphatic heterocycles. The van der Waals surface area contributed by atoms with Gasteiger partial charge in [0.25, 0.3) is 0 Å². The number of rotatable bonds is 2. The van der Waals surface area contributed by atoms with Crippen molar-refractivity contribution in [2.75, 3.05) is 13.2 Å². The SMILES string of the molecule is O=C1CCOCC1C(O)c1ccc(Cl)cc1. The molecule has 2 unspecified atom stereocenters. The van der Waals surface area contributed by atoms with Crippen LogP contribution >= 0.6 is 11.6 Å². The summed E-state index contributed by atoms with van der Waals surface area (Å²) in [6.07, 6.45) is -0.417. The fraction of sp³-hybridized carbons (Fsp3) is 0.417. The summed E-state index contributed by atoms with van der Waals surface area (Å²) in [4.78, 5) is 11.6. The Kier molecular flexibility index (Phi) is 3.59. The van der Waals surface area contributed by atoms with Crippen LogP contribution in [-0.4, -0.2) is 24.1 Å². The van der Waals surface area contributed by atoms with Crippen molar-refractivity contribution in [3.63, 3.8) is 0 Å². The summed E-state index contributed by atoms with van der Waals surface area (Å²) in [5.41, 5.74) is 0.702. The van der Waals surface area contributed by atoms with Gasteiger partial charge in [-0.25, -0.2) is 0 Å². The summed E-state index contributed by atoms with van der Waals surface area (Å²) in [6, 6.07) is 6.87. The van der Waals surface area contributed by atoms with Crippen LogP contribution < -0.4 is 0 Å². The van der Waals surface area contributed by atoms with Crippen LogP contribution in [0, 0.1) is 5.92 Å². The highest BCUT2D eigenvalue weighted by molar-refractivity contribution is 6.30. The fourth-order valence-corrected chi connectivity index (χ4v) is 1.95. The average molecular weight is 241 g/mol. The van der Waals surface area contributed by atoms with Crippen LogP contribution in [0.1, 0.15) is 18.1 Å². The molecule has 1 aliphatic rings. The lowest BCUT2D eigenvalue weighted by molar-refractivity contribution is -0.136. The van der Waals surface area contributed by atoms with Crippen LogP contribution in [0.25, 0.3) is 0 Å². The molecule has 16 heavy (non-hydrogen) atoms. The molecule has 0 bridgehead atoms. The highest BCUT2D eigenvalue weighted by Crippen LogP contribution is 2.27. The Morgan fingerprint density at radius 3 is 2.69 bits per heavy atom. The monoisotopic (exact) mass is 240 g/mol. The second-order valence-electron chi connectivity index (χ2n) is 3.89. The lowest BCUT2D eigenvalue weighted by Gasteiger charge is -2.25. The predicted octanol–water partition coefficient (Wildman–Crippen LogP) is 1.98. The number of Topliss-reactive ketones (excluding diaryl/α,β-unsaturated/α-hetero) is 1. The maximum Gasteiger partial charge on any atom is 0.143 e. The van der Waals surface area contributed by atoms with E-state index in [0.717, 1.165) is 0 Å². The molecule has 2 atom stereocenters. The van der Waals surface area contributed by atoms with Gasteiger partial charge in [0.15, 0.2) is 0 Å². The highest BCUT2D eigenvalue weighted by Gasteiger charge is 2.30. The largest absolute Gasteiger partial charge is 0.388 e. The van der Waals surface area contributed by atoms with Crippen molar-refractivity contribution < 1.29 is 14.6 Å². The smallest absolute Gasteiger partial charge is 0.143 e. The van der Waals surface area contributed by atoms with E-state index in [0.29, 0.717) is 30.2 Å². The van der Waals surface area contributed by atoms with Gasteiger partial charge in [0.2, 0.25) is 0 Å². The third-order valence-electron chi connectivity index (χ3n) is 2.80. The summed E-state index contributed by atoms with van der Waals surface area (Å²) in [7, 11) is 0.